The van der Waals surface area contributed by atoms with Crippen molar-refractivity contribution in [1.82, 2.24) is 25.6 Å². The van der Waals surface area contributed by atoms with Gasteiger partial charge in [0.05, 0.1) is 5.02 Å². The molecule has 1 aromatic carbocycles. The van der Waals surface area contributed by atoms with Crippen LogP contribution >= 0.6 is 23.2 Å². The van der Waals surface area contributed by atoms with Crippen molar-refractivity contribution in [2.45, 2.75) is 95.7 Å². The van der Waals surface area contributed by atoms with E-state index < -0.39 is 10.0 Å². The summed E-state index contributed by atoms with van der Waals surface area (Å²) in [6.45, 7) is 8.93. The smallest absolute Gasteiger partial charge is 0.317 e. The summed E-state index contributed by atoms with van der Waals surface area (Å²) in [5.74, 6) is 0.330. The first kappa shape index (κ1) is 32.5. The van der Waals surface area contributed by atoms with Crippen molar-refractivity contribution in [2.24, 2.45) is 5.92 Å². The van der Waals surface area contributed by atoms with Crippen molar-refractivity contribution >= 4 is 45.3 Å². The van der Waals surface area contributed by atoms with E-state index in [4.69, 9.17) is 23.2 Å². The molecule has 4 amide bonds. The molecule has 1 atom stereocenters. The van der Waals surface area contributed by atoms with Gasteiger partial charge in [0.2, 0.25) is 10.0 Å². The first-order valence-electron chi connectivity index (χ1n) is 13.4. The Balaban J connectivity index is 1.95. The van der Waals surface area contributed by atoms with Gasteiger partial charge in [0.15, 0.2) is 0 Å². The lowest BCUT2D eigenvalue weighted by Gasteiger charge is -2.30. The van der Waals surface area contributed by atoms with Crippen molar-refractivity contribution in [3.8, 4) is 0 Å². The van der Waals surface area contributed by atoms with E-state index in [1.54, 1.807) is 4.90 Å². The van der Waals surface area contributed by atoms with E-state index in [-0.39, 0.29) is 46.7 Å². The Morgan fingerprint density at radius 2 is 1.74 bits per heavy atom. The minimum atomic E-state index is -3.78. The molecule has 0 radical (unpaired) electrons. The van der Waals surface area contributed by atoms with Gasteiger partial charge in [-0.1, -0.05) is 49.9 Å². The van der Waals surface area contributed by atoms with Gasteiger partial charge in [0.1, 0.15) is 4.90 Å². The lowest BCUT2D eigenvalue weighted by Crippen LogP contribution is -2.53. The Hall–Kier alpha value is -1.75. The van der Waals surface area contributed by atoms with Gasteiger partial charge in [-0.3, -0.25) is 0 Å². The zero-order chi connectivity index (χ0) is 28.3. The van der Waals surface area contributed by atoms with Crippen LogP contribution in [0.2, 0.25) is 10.0 Å². The number of carbonyl (C=O) groups excluding carboxylic acids is 2. The fraction of sp³-hybridized carbons (Fsp3) is 0.692. The molecule has 4 N–H and O–H groups in total. The second-order valence-corrected chi connectivity index (χ2v) is 13.2. The van der Waals surface area contributed by atoms with Gasteiger partial charge in [-0.25, -0.2) is 22.7 Å². The number of hydrogen-bond donors (Lipinski definition) is 4. The van der Waals surface area contributed by atoms with E-state index in [9.17, 15) is 18.0 Å². The zero-order valence-corrected chi connectivity index (χ0v) is 25.2. The molecular weight excluding hydrogens is 549 g/mol. The molecule has 9 nitrogen and oxygen atoms in total. The fourth-order valence-electron chi connectivity index (χ4n) is 4.52. The monoisotopic (exact) mass is 591 g/mol. The van der Waals surface area contributed by atoms with E-state index in [2.05, 4.69) is 34.5 Å². The lowest BCUT2D eigenvalue weighted by atomic mass is 10.0. The molecule has 12 heteroatoms. The first-order chi connectivity index (χ1) is 17.9. The summed E-state index contributed by atoms with van der Waals surface area (Å²) in [4.78, 5) is 27.3. The number of benzene rings is 1. The third kappa shape index (κ3) is 11.6. The standard InChI is InChI=1S/C26H43Cl2N5O4S/c1-18(2)15-22(32-25(34)31-21-9-5-6-10-21)17-33(26(35)30-19(3)4)14-8-7-13-29-38(36,37)24-12-11-20(27)16-23(24)28/h11-12,16,18-19,21-22,29H,5-10,13-15,17H2,1-4H3,(H,30,35)(H2,31,32,34)/t22-/m1/s1. The van der Waals surface area contributed by atoms with Crippen molar-refractivity contribution in [1.29, 1.82) is 0 Å². The summed E-state index contributed by atoms with van der Waals surface area (Å²) < 4.78 is 27.8. The fourth-order valence-corrected chi connectivity index (χ4v) is 6.36. The second kappa shape index (κ2) is 15.7. The van der Waals surface area contributed by atoms with Gasteiger partial charge < -0.3 is 20.9 Å². The average molecular weight is 593 g/mol. The molecule has 0 aliphatic heterocycles. The summed E-state index contributed by atoms with van der Waals surface area (Å²) >= 11 is 11.9. The van der Waals surface area contributed by atoms with Crippen LogP contribution in [0.3, 0.4) is 0 Å². The highest BCUT2D eigenvalue weighted by atomic mass is 35.5. The van der Waals surface area contributed by atoms with E-state index in [0.717, 1.165) is 32.1 Å². The van der Waals surface area contributed by atoms with Crippen molar-refractivity contribution in [3.05, 3.63) is 28.2 Å². The third-order valence-electron chi connectivity index (χ3n) is 6.25. The molecule has 1 saturated carbocycles. The number of amides is 4. The molecule has 2 rings (SSSR count). The van der Waals surface area contributed by atoms with E-state index >= 15 is 0 Å². The number of nitrogens with one attached hydrogen (secondary N) is 4. The number of rotatable bonds is 14. The van der Waals surface area contributed by atoms with Crippen LogP contribution in [-0.2, 0) is 10.0 Å². The highest BCUT2D eigenvalue weighted by Gasteiger charge is 2.24. The number of halogens is 2. The van der Waals surface area contributed by atoms with Gasteiger partial charge in [0, 0.05) is 42.8 Å². The van der Waals surface area contributed by atoms with Gasteiger partial charge in [-0.2, -0.15) is 0 Å². The van der Waals surface area contributed by atoms with Gasteiger partial charge in [-0.05, 0) is 70.1 Å². The number of carbonyl (C=O) groups is 2. The van der Waals surface area contributed by atoms with Crippen LogP contribution in [0.5, 0.6) is 0 Å². The molecular formula is C26H43Cl2N5O4S. The van der Waals surface area contributed by atoms with Gasteiger partial charge in [0.25, 0.3) is 0 Å². The summed E-state index contributed by atoms with van der Waals surface area (Å²) in [6, 6.07) is 3.80. The largest absolute Gasteiger partial charge is 0.336 e. The van der Waals surface area contributed by atoms with Crippen LogP contribution in [0, 0.1) is 5.92 Å². The van der Waals surface area contributed by atoms with Crippen molar-refractivity contribution in [2.75, 3.05) is 19.6 Å². The van der Waals surface area contributed by atoms with Crippen LogP contribution in [0.4, 0.5) is 9.59 Å². The van der Waals surface area contributed by atoms with Crippen LogP contribution in [0.15, 0.2) is 23.1 Å². The topological polar surface area (TPSA) is 120 Å². The molecule has 0 spiro atoms. The number of nitrogens with zero attached hydrogens (tertiary/aromatic N) is 1. The molecule has 1 aromatic rings. The third-order valence-corrected chi connectivity index (χ3v) is 8.43. The SMILES string of the molecule is CC(C)C[C@H](CN(CCCCNS(=O)(=O)c1ccc(Cl)cc1Cl)C(=O)NC(C)C)NC(=O)NC1CCCC1. The van der Waals surface area contributed by atoms with Crippen LogP contribution in [-0.4, -0.2) is 63.1 Å². The van der Waals surface area contributed by atoms with E-state index in [1.165, 1.54) is 18.2 Å². The van der Waals surface area contributed by atoms with Gasteiger partial charge >= 0.3 is 12.1 Å². The minimum absolute atomic E-state index is 0.0278. The molecule has 38 heavy (non-hydrogen) atoms. The molecule has 1 fully saturated rings. The highest BCUT2D eigenvalue weighted by Crippen LogP contribution is 2.24. The van der Waals surface area contributed by atoms with E-state index in [0.29, 0.717) is 36.9 Å². The Morgan fingerprint density at radius 1 is 1.05 bits per heavy atom. The molecule has 1 aliphatic rings. The number of unbranched alkanes of at least 4 members (excludes halogenated alkanes) is 1. The molecule has 1 aliphatic carbocycles. The quantitative estimate of drug-likeness (QED) is 0.224. The Labute approximate surface area is 237 Å². The van der Waals surface area contributed by atoms with Crippen molar-refractivity contribution in [3.63, 3.8) is 0 Å². The number of sulfonamides is 1. The maximum atomic E-state index is 13.0. The average Bonchev–Trinajstić information content (AvgIpc) is 3.29. The first-order valence-corrected chi connectivity index (χ1v) is 15.7. The normalized spacial score (nSPS) is 15.1. The molecule has 0 aromatic heterocycles. The Morgan fingerprint density at radius 3 is 2.34 bits per heavy atom. The summed E-state index contributed by atoms with van der Waals surface area (Å²) in [5.41, 5.74) is 0. The number of urea groups is 2. The molecule has 0 bridgehead atoms. The summed E-state index contributed by atoms with van der Waals surface area (Å²) in [6.07, 6.45) is 6.08. The predicted octanol–water partition coefficient (Wildman–Crippen LogP) is 5.13. The molecule has 216 valence electrons. The van der Waals surface area contributed by atoms with Crippen LogP contribution in [0.1, 0.15) is 72.6 Å². The second-order valence-electron chi connectivity index (χ2n) is 10.7. The molecule has 0 unspecified atom stereocenters. The predicted molar refractivity (Wildman–Crippen MR) is 153 cm³/mol. The maximum absolute atomic E-state index is 13.0. The van der Waals surface area contributed by atoms with Gasteiger partial charge in [-0.15, -0.1) is 0 Å². The van der Waals surface area contributed by atoms with Crippen molar-refractivity contribution < 1.29 is 18.0 Å². The Bertz CT molecular complexity index is 1020. The summed E-state index contributed by atoms with van der Waals surface area (Å²) in [7, 11) is -3.78. The number of hydrogen-bond acceptors (Lipinski definition) is 4. The van der Waals surface area contributed by atoms with Crippen LogP contribution < -0.4 is 20.7 Å². The lowest BCUT2D eigenvalue weighted by molar-refractivity contribution is 0.182. The highest BCUT2D eigenvalue weighted by molar-refractivity contribution is 7.89. The Kier molecular flexibility index (Phi) is 13.4. The minimum Gasteiger partial charge on any atom is -0.336 e. The zero-order valence-electron chi connectivity index (χ0n) is 22.9. The molecule has 0 heterocycles. The van der Waals surface area contributed by atoms with Crippen LogP contribution in [0.25, 0.3) is 0 Å². The summed E-state index contributed by atoms with van der Waals surface area (Å²) in [5, 5.41) is 9.49. The molecule has 0 saturated heterocycles. The maximum Gasteiger partial charge on any atom is 0.317 e. The van der Waals surface area contributed by atoms with E-state index in [1.807, 2.05) is 13.8 Å².